The molecule has 73 heavy (non-hydrogen) atoms. The molecule has 0 bridgehead atoms. The summed E-state index contributed by atoms with van der Waals surface area (Å²) in [6.07, 6.45) is 0. The standard InChI is InChI=1S/C70H46N2S/c1-3-18-49(19-4-1)59-44-45-66(69-63-30-12-14-35-67(63)73-70(59)69)71(54-40-36-47(37-41-54)51-22-15-23-52(46-51)58-31-16-21-48-20-7-8-26-56(48)58)55-42-38-50(39-43-55)57-27-9-10-28-60(57)61-32-17-34-65-68(61)62-29-11-13-33-64(62)72(65)53-24-5-2-6-25-53/h1-46H. The summed E-state index contributed by atoms with van der Waals surface area (Å²) >= 11 is 1.88. The zero-order chi connectivity index (χ0) is 48.2. The molecule has 12 aromatic carbocycles. The molecule has 0 aliphatic heterocycles. The van der Waals surface area contributed by atoms with Crippen LogP contribution in [0.1, 0.15) is 0 Å². The van der Waals surface area contributed by atoms with Gasteiger partial charge in [-0.15, -0.1) is 11.3 Å². The first kappa shape index (κ1) is 42.6. The summed E-state index contributed by atoms with van der Waals surface area (Å²) in [6, 6.07) is 102. The van der Waals surface area contributed by atoms with Gasteiger partial charge in [-0.05, 0) is 133 Å². The first-order valence-corrected chi connectivity index (χ1v) is 25.8. The van der Waals surface area contributed by atoms with Gasteiger partial charge in [0.25, 0.3) is 0 Å². The number of fused-ring (bicyclic) bond motifs is 7. The summed E-state index contributed by atoms with van der Waals surface area (Å²) in [5, 5.41) is 7.52. The van der Waals surface area contributed by atoms with Gasteiger partial charge in [0.15, 0.2) is 0 Å². The monoisotopic (exact) mass is 946 g/mol. The van der Waals surface area contributed by atoms with Crippen molar-refractivity contribution in [1.82, 2.24) is 4.57 Å². The number of para-hydroxylation sites is 2. The number of hydrogen-bond acceptors (Lipinski definition) is 2. The average Bonchev–Trinajstić information content (AvgIpc) is 4.03. The van der Waals surface area contributed by atoms with E-state index < -0.39 is 0 Å². The number of rotatable bonds is 9. The topological polar surface area (TPSA) is 8.17 Å². The van der Waals surface area contributed by atoms with Gasteiger partial charge in [0.1, 0.15) is 0 Å². The molecule has 2 heterocycles. The highest BCUT2D eigenvalue weighted by molar-refractivity contribution is 7.26. The molecule has 3 heteroatoms. The van der Waals surface area contributed by atoms with Crippen LogP contribution < -0.4 is 4.90 Å². The molecule has 0 amide bonds. The maximum absolute atomic E-state index is 2.46. The lowest BCUT2D eigenvalue weighted by Crippen LogP contribution is -2.10. The average molecular weight is 947 g/mol. The number of thiophene rings is 1. The van der Waals surface area contributed by atoms with Crippen LogP contribution in [0.3, 0.4) is 0 Å². The van der Waals surface area contributed by atoms with Gasteiger partial charge in [-0.1, -0.05) is 212 Å². The summed E-state index contributed by atoms with van der Waals surface area (Å²) in [5.74, 6) is 0. The van der Waals surface area contributed by atoms with E-state index in [1.54, 1.807) is 0 Å². The fourth-order valence-electron chi connectivity index (χ4n) is 11.3. The molecular weight excluding hydrogens is 901 g/mol. The fourth-order valence-corrected chi connectivity index (χ4v) is 12.5. The van der Waals surface area contributed by atoms with E-state index in [4.69, 9.17) is 0 Å². The van der Waals surface area contributed by atoms with Crippen LogP contribution in [0.25, 0.3) is 114 Å². The van der Waals surface area contributed by atoms with Gasteiger partial charge in [0, 0.05) is 48.0 Å². The zero-order valence-electron chi connectivity index (χ0n) is 39.9. The Bertz CT molecular complexity index is 4350. The van der Waals surface area contributed by atoms with E-state index in [1.807, 2.05) is 11.3 Å². The molecule has 0 aliphatic carbocycles. The van der Waals surface area contributed by atoms with Crippen LogP contribution in [0.15, 0.2) is 279 Å². The third-order valence-corrected chi connectivity index (χ3v) is 15.8. The van der Waals surface area contributed by atoms with Gasteiger partial charge in [0.05, 0.1) is 16.7 Å². The molecule has 2 aromatic heterocycles. The van der Waals surface area contributed by atoms with E-state index in [0.717, 1.165) is 28.3 Å². The lowest BCUT2D eigenvalue weighted by molar-refractivity contribution is 1.18. The van der Waals surface area contributed by atoms with Crippen LogP contribution >= 0.6 is 11.3 Å². The number of anilines is 3. The largest absolute Gasteiger partial charge is 0.310 e. The Morgan fingerprint density at radius 2 is 0.849 bits per heavy atom. The molecule has 0 N–H and O–H groups in total. The van der Waals surface area contributed by atoms with Crippen LogP contribution in [0.2, 0.25) is 0 Å². The van der Waals surface area contributed by atoms with Crippen molar-refractivity contribution in [1.29, 1.82) is 0 Å². The second-order valence-electron chi connectivity index (χ2n) is 18.8. The molecule has 0 atom stereocenters. The Morgan fingerprint density at radius 3 is 1.66 bits per heavy atom. The predicted octanol–water partition coefficient (Wildman–Crippen LogP) is 20.1. The molecule has 0 fully saturated rings. The molecule has 2 nitrogen and oxygen atoms in total. The van der Waals surface area contributed by atoms with E-state index in [1.165, 1.54) is 103 Å². The highest BCUT2D eigenvalue weighted by atomic mass is 32.1. The molecular formula is C70H46N2S. The van der Waals surface area contributed by atoms with Gasteiger partial charge < -0.3 is 9.47 Å². The van der Waals surface area contributed by atoms with Gasteiger partial charge in [-0.2, -0.15) is 0 Å². The van der Waals surface area contributed by atoms with Crippen molar-refractivity contribution in [2.75, 3.05) is 4.90 Å². The first-order valence-electron chi connectivity index (χ1n) is 25.0. The summed E-state index contributed by atoms with van der Waals surface area (Å²) in [6.45, 7) is 0. The van der Waals surface area contributed by atoms with E-state index >= 15 is 0 Å². The van der Waals surface area contributed by atoms with Crippen LogP contribution in [0.5, 0.6) is 0 Å². The van der Waals surface area contributed by atoms with Crippen molar-refractivity contribution < 1.29 is 0 Å². The molecule has 0 spiro atoms. The predicted molar refractivity (Wildman–Crippen MR) is 313 cm³/mol. The van der Waals surface area contributed by atoms with Crippen LogP contribution in [0.4, 0.5) is 17.1 Å². The van der Waals surface area contributed by atoms with Crippen molar-refractivity contribution in [2.45, 2.75) is 0 Å². The van der Waals surface area contributed by atoms with Gasteiger partial charge >= 0.3 is 0 Å². The van der Waals surface area contributed by atoms with Gasteiger partial charge in [-0.3, -0.25) is 0 Å². The minimum absolute atomic E-state index is 1.09. The van der Waals surface area contributed by atoms with Crippen molar-refractivity contribution >= 4 is 81.1 Å². The summed E-state index contributed by atoms with van der Waals surface area (Å²) in [4.78, 5) is 2.46. The van der Waals surface area contributed by atoms with E-state index in [2.05, 4.69) is 289 Å². The van der Waals surface area contributed by atoms with Crippen LogP contribution in [-0.4, -0.2) is 4.57 Å². The molecule has 14 rings (SSSR count). The number of benzene rings is 12. The van der Waals surface area contributed by atoms with Gasteiger partial charge in [0.2, 0.25) is 0 Å². The van der Waals surface area contributed by atoms with E-state index in [9.17, 15) is 0 Å². The highest BCUT2D eigenvalue weighted by Gasteiger charge is 2.23. The normalized spacial score (nSPS) is 11.6. The molecule has 0 unspecified atom stereocenters. The Kier molecular flexibility index (Phi) is 10.4. The lowest BCUT2D eigenvalue weighted by Gasteiger charge is -2.27. The Labute approximate surface area is 428 Å². The number of aromatic nitrogens is 1. The number of nitrogens with zero attached hydrogens (tertiary/aromatic N) is 2. The summed E-state index contributed by atoms with van der Waals surface area (Å²) < 4.78 is 4.96. The minimum atomic E-state index is 1.09. The van der Waals surface area contributed by atoms with E-state index in [-0.39, 0.29) is 0 Å². The molecule has 0 aliphatic rings. The second-order valence-corrected chi connectivity index (χ2v) is 19.8. The van der Waals surface area contributed by atoms with Crippen molar-refractivity contribution in [3.05, 3.63) is 279 Å². The van der Waals surface area contributed by atoms with Crippen LogP contribution in [-0.2, 0) is 0 Å². The molecule has 0 saturated heterocycles. The highest BCUT2D eigenvalue weighted by Crippen LogP contribution is 2.49. The lowest BCUT2D eigenvalue weighted by atomic mass is 9.92. The number of hydrogen-bond donors (Lipinski definition) is 0. The fraction of sp³-hybridized carbons (Fsp3) is 0. The van der Waals surface area contributed by atoms with E-state index in [0.29, 0.717) is 0 Å². The molecule has 0 saturated carbocycles. The minimum Gasteiger partial charge on any atom is -0.310 e. The van der Waals surface area contributed by atoms with Crippen molar-refractivity contribution in [3.8, 4) is 61.3 Å². The smallest absolute Gasteiger partial charge is 0.0555 e. The van der Waals surface area contributed by atoms with Crippen LogP contribution in [0, 0.1) is 0 Å². The first-order chi connectivity index (χ1) is 36.2. The zero-order valence-corrected chi connectivity index (χ0v) is 40.7. The Morgan fingerprint density at radius 1 is 0.301 bits per heavy atom. The molecule has 14 aromatic rings. The van der Waals surface area contributed by atoms with Gasteiger partial charge in [-0.25, -0.2) is 0 Å². The Balaban J connectivity index is 0.910. The van der Waals surface area contributed by atoms with Crippen molar-refractivity contribution in [3.63, 3.8) is 0 Å². The maximum atomic E-state index is 2.46. The molecule has 342 valence electrons. The summed E-state index contributed by atoms with van der Waals surface area (Å²) in [5.41, 5.74) is 18.9. The second kappa shape index (κ2) is 17.8. The quantitative estimate of drug-likeness (QED) is 0.140. The maximum Gasteiger partial charge on any atom is 0.0555 e. The summed E-state index contributed by atoms with van der Waals surface area (Å²) in [7, 11) is 0. The third-order valence-electron chi connectivity index (χ3n) is 14.6. The third kappa shape index (κ3) is 7.32. The SMILES string of the molecule is c1ccc(-c2ccc(N(c3ccc(-c4cccc(-c5cccc6ccccc56)c4)cc3)c3ccc(-c4ccccc4-c4cccc5c4c4ccccc4n5-c4ccccc4)cc3)c3c2sc2ccccc23)cc1. The Hall–Kier alpha value is -9.28. The van der Waals surface area contributed by atoms with Crippen molar-refractivity contribution in [2.24, 2.45) is 0 Å². The molecule has 0 radical (unpaired) electrons.